The summed E-state index contributed by atoms with van der Waals surface area (Å²) < 4.78 is 5.99. The van der Waals surface area contributed by atoms with Gasteiger partial charge in [0.2, 0.25) is 0 Å². The number of benzene rings is 2. The van der Waals surface area contributed by atoms with Gasteiger partial charge >= 0.3 is 5.97 Å². The number of nitrogens with zero attached hydrogens (tertiary/aromatic N) is 2. The molecule has 0 radical (unpaired) electrons. The lowest BCUT2D eigenvalue weighted by atomic mass is 9.95. The number of ether oxygens (including phenoxy) is 1. The molecule has 7 heteroatoms. The van der Waals surface area contributed by atoms with Crippen molar-refractivity contribution >= 4 is 17.8 Å². The van der Waals surface area contributed by atoms with E-state index in [4.69, 9.17) is 4.74 Å². The van der Waals surface area contributed by atoms with E-state index in [-0.39, 0.29) is 18.4 Å². The molecule has 0 aromatic heterocycles. The number of likely N-dealkylation sites (tertiary alicyclic amines) is 1. The fraction of sp³-hybridized carbons (Fsp3) is 0.375. The molecular weight excluding hydrogens is 396 g/mol. The molecule has 1 N–H and O–H groups in total. The van der Waals surface area contributed by atoms with Crippen molar-refractivity contribution in [3.05, 3.63) is 70.8 Å². The highest BCUT2D eigenvalue weighted by Crippen LogP contribution is 2.39. The van der Waals surface area contributed by atoms with Gasteiger partial charge in [0.1, 0.15) is 5.72 Å². The molecule has 2 aromatic carbocycles. The molecule has 2 aliphatic rings. The molecule has 2 fully saturated rings. The Labute approximate surface area is 181 Å². The number of amides is 2. The fourth-order valence-corrected chi connectivity index (χ4v) is 4.44. The minimum absolute atomic E-state index is 0.0567. The molecule has 2 aliphatic heterocycles. The summed E-state index contributed by atoms with van der Waals surface area (Å²) >= 11 is 0. The highest BCUT2D eigenvalue weighted by molar-refractivity contribution is 5.99. The number of aryl methyl sites for hydroxylation is 2. The Balaban J connectivity index is 1.57. The summed E-state index contributed by atoms with van der Waals surface area (Å²) in [5.41, 5.74) is 1.93. The van der Waals surface area contributed by atoms with Crippen LogP contribution >= 0.6 is 0 Å². The summed E-state index contributed by atoms with van der Waals surface area (Å²) in [7, 11) is 0. The second kappa shape index (κ2) is 8.15. The number of hydrogen-bond acceptors (Lipinski definition) is 4. The van der Waals surface area contributed by atoms with Crippen molar-refractivity contribution in [1.29, 1.82) is 0 Å². The lowest BCUT2D eigenvalue weighted by Crippen LogP contribution is -2.58. The fourth-order valence-electron chi connectivity index (χ4n) is 4.44. The van der Waals surface area contributed by atoms with E-state index < -0.39 is 17.7 Å². The standard InChI is InChI=1S/C24H26N2O5/c1-16-7-9-18(10-8-16)21(27)25-13-11-24(12-14-25)26(20(15-31-24)23(29)30)22(28)19-6-4-3-5-17(19)2/h3-10,20H,11-15H2,1-2H3,(H,29,30)/t20-/m1/s1. The number of carboxylic acids is 1. The first-order valence-corrected chi connectivity index (χ1v) is 10.4. The number of aliphatic carboxylic acids is 1. The zero-order valence-electron chi connectivity index (χ0n) is 17.7. The van der Waals surface area contributed by atoms with Crippen molar-refractivity contribution in [2.45, 2.75) is 38.5 Å². The number of rotatable bonds is 3. The van der Waals surface area contributed by atoms with Crippen LogP contribution < -0.4 is 0 Å². The predicted octanol–water partition coefficient (Wildman–Crippen LogP) is 2.86. The van der Waals surface area contributed by atoms with E-state index in [0.29, 0.717) is 37.1 Å². The van der Waals surface area contributed by atoms with Crippen molar-refractivity contribution < 1.29 is 24.2 Å². The number of carbonyl (C=O) groups is 3. The summed E-state index contributed by atoms with van der Waals surface area (Å²) in [6, 6.07) is 13.5. The molecule has 1 atom stereocenters. The third-order valence-electron chi connectivity index (χ3n) is 6.27. The van der Waals surface area contributed by atoms with Crippen LogP contribution in [0, 0.1) is 13.8 Å². The summed E-state index contributed by atoms with van der Waals surface area (Å²) in [5.74, 6) is -1.50. The van der Waals surface area contributed by atoms with Crippen LogP contribution in [0.2, 0.25) is 0 Å². The SMILES string of the molecule is Cc1ccc(C(=O)N2CCC3(CC2)OC[C@H](C(=O)O)N3C(=O)c2ccccc2C)cc1. The normalized spacial score (nSPS) is 20.1. The van der Waals surface area contributed by atoms with Crippen molar-refractivity contribution in [2.75, 3.05) is 19.7 Å². The molecule has 2 amide bonds. The van der Waals surface area contributed by atoms with Crippen molar-refractivity contribution in [1.82, 2.24) is 9.80 Å². The average Bonchev–Trinajstić information content (AvgIpc) is 3.13. The largest absolute Gasteiger partial charge is 0.480 e. The van der Waals surface area contributed by atoms with Gasteiger partial charge in [0.25, 0.3) is 11.8 Å². The Bertz CT molecular complexity index is 1010. The van der Waals surface area contributed by atoms with Gasteiger partial charge < -0.3 is 14.7 Å². The summed E-state index contributed by atoms with van der Waals surface area (Å²) in [4.78, 5) is 41.3. The monoisotopic (exact) mass is 422 g/mol. The predicted molar refractivity (Wildman–Crippen MR) is 114 cm³/mol. The van der Waals surface area contributed by atoms with Crippen molar-refractivity contribution in [2.24, 2.45) is 0 Å². The zero-order chi connectivity index (χ0) is 22.2. The molecule has 1 spiro atoms. The van der Waals surface area contributed by atoms with Crippen LogP contribution in [0.4, 0.5) is 0 Å². The Morgan fingerprint density at radius 1 is 0.968 bits per heavy atom. The molecule has 7 nitrogen and oxygen atoms in total. The van der Waals surface area contributed by atoms with E-state index in [1.54, 1.807) is 17.0 Å². The Kier molecular flexibility index (Phi) is 5.54. The van der Waals surface area contributed by atoms with Gasteiger partial charge in [-0.1, -0.05) is 35.9 Å². The quantitative estimate of drug-likeness (QED) is 0.822. The van der Waals surface area contributed by atoms with Gasteiger partial charge in [-0.2, -0.15) is 0 Å². The topological polar surface area (TPSA) is 87.2 Å². The van der Waals surface area contributed by atoms with Gasteiger partial charge in [0.05, 0.1) is 6.61 Å². The van der Waals surface area contributed by atoms with E-state index in [9.17, 15) is 19.5 Å². The molecule has 0 saturated carbocycles. The Morgan fingerprint density at radius 2 is 1.61 bits per heavy atom. The van der Waals surface area contributed by atoms with E-state index >= 15 is 0 Å². The third kappa shape index (κ3) is 3.81. The Hall–Kier alpha value is -3.19. The number of carbonyl (C=O) groups excluding carboxylic acids is 2. The summed E-state index contributed by atoms with van der Waals surface area (Å²) in [6.45, 7) is 4.51. The van der Waals surface area contributed by atoms with E-state index in [0.717, 1.165) is 11.1 Å². The first-order valence-electron chi connectivity index (χ1n) is 10.4. The van der Waals surface area contributed by atoms with Crippen LogP contribution in [0.1, 0.15) is 44.7 Å². The van der Waals surface area contributed by atoms with Crippen LogP contribution in [-0.2, 0) is 9.53 Å². The van der Waals surface area contributed by atoms with Crippen LogP contribution in [0.15, 0.2) is 48.5 Å². The average molecular weight is 422 g/mol. The van der Waals surface area contributed by atoms with Crippen LogP contribution in [-0.4, -0.2) is 64.2 Å². The van der Waals surface area contributed by atoms with Crippen LogP contribution in [0.3, 0.4) is 0 Å². The third-order valence-corrected chi connectivity index (χ3v) is 6.27. The maximum atomic E-state index is 13.4. The van der Waals surface area contributed by atoms with Gasteiger partial charge in [-0.15, -0.1) is 0 Å². The molecular formula is C24H26N2O5. The molecule has 4 rings (SSSR count). The Morgan fingerprint density at radius 3 is 2.23 bits per heavy atom. The summed E-state index contributed by atoms with van der Waals surface area (Å²) in [5, 5.41) is 9.74. The smallest absolute Gasteiger partial charge is 0.328 e. The molecule has 0 unspecified atom stereocenters. The first kappa shape index (κ1) is 21.1. The minimum atomic E-state index is -1.09. The maximum absolute atomic E-state index is 13.4. The lowest BCUT2D eigenvalue weighted by molar-refractivity contribution is -0.143. The summed E-state index contributed by atoms with van der Waals surface area (Å²) in [6.07, 6.45) is 0.734. The molecule has 0 aliphatic carbocycles. The molecule has 2 heterocycles. The van der Waals surface area contributed by atoms with Gasteiger partial charge in [0, 0.05) is 37.1 Å². The zero-order valence-corrected chi connectivity index (χ0v) is 17.7. The second-order valence-electron chi connectivity index (χ2n) is 8.26. The van der Waals surface area contributed by atoms with E-state index in [1.165, 1.54) is 4.90 Å². The van der Waals surface area contributed by atoms with Gasteiger partial charge in [0.15, 0.2) is 6.04 Å². The minimum Gasteiger partial charge on any atom is -0.480 e. The number of hydrogen-bond donors (Lipinski definition) is 1. The molecule has 0 bridgehead atoms. The van der Waals surface area contributed by atoms with Gasteiger partial charge in [-0.25, -0.2) is 4.79 Å². The maximum Gasteiger partial charge on any atom is 0.328 e. The van der Waals surface area contributed by atoms with Crippen molar-refractivity contribution in [3.8, 4) is 0 Å². The molecule has 31 heavy (non-hydrogen) atoms. The number of piperidine rings is 1. The number of carboxylic acid groups (broad SMARTS) is 1. The molecule has 162 valence electrons. The van der Waals surface area contributed by atoms with E-state index in [2.05, 4.69) is 0 Å². The highest BCUT2D eigenvalue weighted by Gasteiger charge is 2.54. The van der Waals surface area contributed by atoms with E-state index in [1.807, 2.05) is 50.2 Å². The highest BCUT2D eigenvalue weighted by atomic mass is 16.5. The van der Waals surface area contributed by atoms with Crippen LogP contribution in [0.5, 0.6) is 0 Å². The second-order valence-corrected chi connectivity index (χ2v) is 8.26. The van der Waals surface area contributed by atoms with Crippen molar-refractivity contribution in [3.63, 3.8) is 0 Å². The molecule has 2 aromatic rings. The molecule has 2 saturated heterocycles. The lowest BCUT2D eigenvalue weighted by Gasteiger charge is -2.44. The van der Waals surface area contributed by atoms with Gasteiger partial charge in [-0.3, -0.25) is 14.5 Å². The van der Waals surface area contributed by atoms with Gasteiger partial charge in [-0.05, 0) is 37.6 Å². The first-order chi connectivity index (χ1) is 14.8. The van der Waals surface area contributed by atoms with Crippen LogP contribution in [0.25, 0.3) is 0 Å².